The van der Waals surface area contributed by atoms with E-state index in [4.69, 9.17) is 10.5 Å². The lowest BCUT2D eigenvalue weighted by Crippen LogP contribution is -2.34. The van der Waals surface area contributed by atoms with Gasteiger partial charge in [-0.3, -0.25) is 4.98 Å². The van der Waals surface area contributed by atoms with Gasteiger partial charge in [-0.2, -0.15) is 0 Å². The lowest BCUT2D eigenvalue weighted by molar-refractivity contribution is -0.0585. The van der Waals surface area contributed by atoms with Crippen LogP contribution < -0.4 is 5.73 Å². The van der Waals surface area contributed by atoms with Gasteiger partial charge in [0.1, 0.15) is 6.10 Å². The smallest absolute Gasteiger partial charge is 0.115 e. The first-order chi connectivity index (χ1) is 9.08. The third kappa shape index (κ3) is 3.77. The molecule has 5 unspecified atom stereocenters. The zero-order valence-corrected chi connectivity index (χ0v) is 12.3. The van der Waals surface area contributed by atoms with Crippen molar-refractivity contribution in [2.75, 3.05) is 0 Å². The van der Waals surface area contributed by atoms with Crippen LogP contribution in [0.4, 0.5) is 0 Å². The van der Waals surface area contributed by atoms with Gasteiger partial charge < -0.3 is 10.5 Å². The molecule has 1 aromatic rings. The molecular weight excluding hydrogens is 236 g/mol. The molecule has 1 heterocycles. The maximum absolute atomic E-state index is 6.27. The molecule has 3 heteroatoms. The van der Waals surface area contributed by atoms with E-state index in [9.17, 15) is 0 Å². The van der Waals surface area contributed by atoms with Gasteiger partial charge >= 0.3 is 0 Å². The predicted octanol–water partition coefficient (Wildman–Crippen LogP) is 3.31. The van der Waals surface area contributed by atoms with Crippen molar-refractivity contribution in [1.29, 1.82) is 0 Å². The number of hydrogen-bond donors (Lipinski definition) is 1. The molecule has 0 bridgehead atoms. The van der Waals surface area contributed by atoms with E-state index >= 15 is 0 Å². The number of aromatic nitrogens is 1. The van der Waals surface area contributed by atoms with Gasteiger partial charge in [-0.05, 0) is 50.2 Å². The maximum Gasteiger partial charge on any atom is 0.115 e. The van der Waals surface area contributed by atoms with Crippen LogP contribution in [0.15, 0.2) is 24.4 Å². The molecule has 1 aromatic heterocycles. The molecule has 5 atom stereocenters. The van der Waals surface area contributed by atoms with Crippen LogP contribution in [-0.2, 0) is 4.74 Å². The van der Waals surface area contributed by atoms with E-state index < -0.39 is 0 Å². The van der Waals surface area contributed by atoms with Crippen LogP contribution in [0, 0.1) is 11.8 Å². The van der Waals surface area contributed by atoms with Crippen LogP contribution in [-0.4, -0.2) is 17.1 Å². The highest BCUT2D eigenvalue weighted by molar-refractivity contribution is 5.09. The summed E-state index contributed by atoms with van der Waals surface area (Å²) in [4.78, 5) is 4.39. The molecule has 19 heavy (non-hydrogen) atoms. The Balaban J connectivity index is 2.02. The largest absolute Gasteiger partial charge is 0.367 e. The average Bonchev–Trinajstić information content (AvgIpc) is 2.40. The minimum Gasteiger partial charge on any atom is -0.367 e. The Morgan fingerprint density at radius 2 is 2.05 bits per heavy atom. The maximum atomic E-state index is 6.27. The number of pyridine rings is 1. The van der Waals surface area contributed by atoms with E-state index in [0.29, 0.717) is 6.10 Å². The van der Waals surface area contributed by atoms with Crippen LogP contribution in [0.25, 0.3) is 0 Å². The van der Waals surface area contributed by atoms with Gasteiger partial charge in [-0.1, -0.05) is 19.9 Å². The Kier molecular flexibility index (Phi) is 4.94. The van der Waals surface area contributed by atoms with Gasteiger partial charge in [0.2, 0.25) is 0 Å². The molecule has 2 N–H and O–H groups in total. The van der Waals surface area contributed by atoms with Gasteiger partial charge in [0.15, 0.2) is 0 Å². The van der Waals surface area contributed by atoms with Crippen molar-refractivity contribution >= 4 is 0 Å². The third-order valence-corrected chi connectivity index (χ3v) is 4.35. The van der Waals surface area contributed by atoms with Gasteiger partial charge in [-0.15, -0.1) is 0 Å². The summed E-state index contributed by atoms with van der Waals surface area (Å²) in [5.41, 5.74) is 7.03. The van der Waals surface area contributed by atoms with E-state index in [1.54, 1.807) is 6.20 Å². The van der Waals surface area contributed by atoms with Crippen molar-refractivity contribution in [2.45, 2.75) is 58.3 Å². The molecule has 0 radical (unpaired) electrons. The minimum atomic E-state index is -0.0909. The molecule has 0 aromatic carbocycles. The SMILES string of the molecule is CC(N)C(OC1CCC(C)C(C)C1)c1ccccn1. The summed E-state index contributed by atoms with van der Waals surface area (Å²) in [6.07, 6.45) is 5.56. The van der Waals surface area contributed by atoms with Gasteiger partial charge in [0.05, 0.1) is 11.8 Å². The predicted molar refractivity (Wildman–Crippen MR) is 77.7 cm³/mol. The van der Waals surface area contributed by atoms with Crippen LogP contribution in [0.3, 0.4) is 0 Å². The molecule has 106 valence electrons. The highest BCUT2D eigenvalue weighted by Crippen LogP contribution is 2.33. The zero-order chi connectivity index (χ0) is 13.8. The fourth-order valence-corrected chi connectivity index (χ4v) is 2.84. The van der Waals surface area contributed by atoms with Crippen molar-refractivity contribution in [3.63, 3.8) is 0 Å². The summed E-state index contributed by atoms with van der Waals surface area (Å²) in [5, 5.41) is 0. The van der Waals surface area contributed by atoms with Crippen molar-refractivity contribution in [3.8, 4) is 0 Å². The summed E-state index contributed by atoms with van der Waals surface area (Å²) < 4.78 is 6.27. The first kappa shape index (κ1) is 14.5. The quantitative estimate of drug-likeness (QED) is 0.905. The summed E-state index contributed by atoms with van der Waals surface area (Å²) in [6.45, 7) is 6.65. The van der Waals surface area contributed by atoms with Crippen LogP contribution in [0.5, 0.6) is 0 Å². The number of hydrogen-bond acceptors (Lipinski definition) is 3. The summed E-state index contributed by atoms with van der Waals surface area (Å²) in [5.74, 6) is 1.54. The van der Waals surface area contributed by atoms with E-state index in [1.165, 1.54) is 6.42 Å². The second kappa shape index (κ2) is 6.49. The molecule has 2 rings (SSSR count). The standard InChI is InChI=1S/C16H26N2O/c1-11-7-8-14(10-12(11)2)19-16(13(3)17)15-6-4-5-9-18-15/h4-6,9,11-14,16H,7-8,10,17H2,1-3H3. The van der Waals surface area contributed by atoms with Gasteiger partial charge in [0.25, 0.3) is 0 Å². The van der Waals surface area contributed by atoms with Crippen LogP contribution in [0.2, 0.25) is 0 Å². The molecule has 1 aliphatic rings. The summed E-state index contributed by atoms with van der Waals surface area (Å²) >= 11 is 0. The Labute approximate surface area is 116 Å². The first-order valence-electron chi connectivity index (χ1n) is 7.40. The average molecular weight is 262 g/mol. The highest BCUT2D eigenvalue weighted by Gasteiger charge is 2.29. The monoisotopic (exact) mass is 262 g/mol. The topological polar surface area (TPSA) is 48.1 Å². The zero-order valence-electron chi connectivity index (χ0n) is 12.3. The lowest BCUT2D eigenvalue weighted by atomic mass is 9.80. The lowest BCUT2D eigenvalue weighted by Gasteiger charge is -2.35. The summed E-state index contributed by atoms with van der Waals surface area (Å²) in [6, 6.07) is 5.88. The van der Waals surface area contributed by atoms with Gasteiger partial charge in [-0.25, -0.2) is 0 Å². The molecule has 0 amide bonds. The highest BCUT2D eigenvalue weighted by atomic mass is 16.5. The van der Waals surface area contributed by atoms with Gasteiger partial charge in [0, 0.05) is 12.2 Å². The van der Waals surface area contributed by atoms with E-state index in [-0.39, 0.29) is 12.1 Å². The van der Waals surface area contributed by atoms with E-state index in [0.717, 1.165) is 30.4 Å². The fraction of sp³-hybridized carbons (Fsp3) is 0.688. The van der Waals surface area contributed by atoms with Crippen molar-refractivity contribution in [1.82, 2.24) is 4.98 Å². The normalized spacial score (nSPS) is 30.8. The Morgan fingerprint density at radius 1 is 1.26 bits per heavy atom. The number of nitrogens with two attached hydrogens (primary N) is 1. The minimum absolute atomic E-state index is 0.0374. The summed E-state index contributed by atoms with van der Waals surface area (Å²) in [7, 11) is 0. The second-order valence-corrected chi connectivity index (χ2v) is 6.06. The first-order valence-corrected chi connectivity index (χ1v) is 7.40. The molecule has 3 nitrogen and oxygen atoms in total. The number of ether oxygens (including phenoxy) is 1. The van der Waals surface area contributed by atoms with E-state index in [2.05, 4.69) is 18.8 Å². The molecule has 1 aliphatic carbocycles. The fourth-order valence-electron chi connectivity index (χ4n) is 2.84. The Morgan fingerprint density at radius 3 is 2.63 bits per heavy atom. The van der Waals surface area contributed by atoms with Crippen LogP contribution >= 0.6 is 0 Å². The van der Waals surface area contributed by atoms with E-state index in [1.807, 2.05) is 25.1 Å². The Bertz CT molecular complexity index is 380. The van der Waals surface area contributed by atoms with Crippen LogP contribution in [0.1, 0.15) is 51.8 Å². The molecule has 0 saturated heterocycles. The molecule has 0 spiro atoms. The molecule has 1 fully saturated rings. The number of nitrogens with zero attached hydrogens (tertiary/aromatic N) is 1. The molecular formula is C16H26N2O. The molecule has 0 aliphatic heterocycles. The van der Waals surface area contributed by atoms with Crippen molar-refractivity contribution in [2.24, 2.45) is 17.6 Å². The molecule has 1 saturated carbocycles. The van der Waals surface area contributed by atoms with Crippen molar-refractivity contribution in [3.05, 3.63) is 30.1 Å². The Hall–Kier alpha value is -0.930. The van der Waals surface area contributed by atoms with Crippen molar-refractivity contribution < 1.29 is 4.74 Å². The third-order valence-electron chi connectivity index (χ3n) is 4.35. The number of rotatable bonds is 4. The second-order valence-electron chi connectivity index (χ2n) is 6.06.